The molecule has 0 saturated carbocycles. The van der Waals surface area contributed by atoms with Gasteiger partial charge in [-0.2, -0.15) is 4.72 Å². The van der Waals surface area contributed by atoms with Crippen LogP contribution in [-0.2, 0) is 16.8 Å². The number of ether oxygens (including phenoxy) is 1. The molecule has 8 heteroatoms. The van der Waals surface area contributed by atoms with Crippen LogP contribution in [0.1, 0.15) is 36.7 Å². The van der Waals surface area contributed by atoms with E-state index >= 15 is 0 Å². The maximum atomic E-state index is 12.6. The Hall–Kier alpha value is -2.45. The predicted octanol–water partition coefficient (Wildman–Crippen LogP) is 3.43. The van der Waals surface area contributed by atoms with Crippen molar-refractivity contribution in [2.75, 3.05) is 11.8 Å². The Kier molecular flexibility index (Phi) is 5.76. The highest BCUT2D eigenvalue weighted by molar-refractivity contribution is 7.92. The fraction of sp³-hybridized carbons (Fsp3) is 0.294. The third-order valence-electron chi connectivity index (χ3n) is 3.49. The second-order valence-corrected chi connectivity index (χ2v) is 7.54. The smallest absolute Gasteiger partial charge is 0.316 e. The Bertz CT molecular complexity index is 790. The molecule has 2 rings (SSSR count). The van der Waals surface area contributed by atoms with Crippen molar-refractivity contribution in [3.05, 3.63) is 52.6 Å². The van der Waals surface area contributed by atoms with Crippen LogP contribution in [0.4, 0.5) is 5.69 Å². The Morgan fingerprint density at radius 1 is 1.32 bits per heavy atom. The first-order chi connectivity index (χ1) is 11.8. The number of aromatic nitrogens is 1. The summed E-state index contributed by atoms with van der Waals surface area (Å²) < 4.78 is 20.7. The molecule has 0 fully saturated rings. The number of benzene rings is 1. The number of hydrogen-bond acceptors (Lipinski definition) is 6. The molecule has 0 saturated heterocycles. The van der Waals surface area contributed by atoms with Gasteiger partial charge in [0.25, 0.3) is 0 Å². The average molecular weight is 361 g/mol. The number of carbonyl (C=O) groups excluding carboxylic acids is 1. The van der Waals surface area contributed by atoms with Crippen molar-refractivity contribution in [2.45, 2.75) is 31.1 Å². The highest BCUT2D eigenvalue weighted by Gasteiger charge is 2.21. The number of nitrogens with one attached hydrogen (secondary N) is 1. The lowest BCUT2D eigenvalue weighted by atomic mass is 9.88. The summed E-state index contributed by atoms with van der Waals surface area (Å²) in [5.41, 5.74) is 1.36. The van der Waals surface area contributed by atoms with Crippen molar-refractivity contribution in [3.63, 3.8) is 0 Å². The number of anilines is 1. The van der Waals surface area contributed by atoms with Crippen LogP contribution in [0.15, 0.2) is 46.6 Å². The van der Waals surface area contributed by atoms with E-state index < -0.39 is 17.3 Å². The zero-order valence-electron chi connectivity index (χ0n) is 14.4. The predicted molar refractivity (Wildman–Crippen MR) is 96.1 cm³/mol. The lowest BCUT2D eigenvalue weighted by Crippen LogP contribution is -2.17. The van der Waals surface area contributed by atoms with E-state index in [2.05, 4.69) is 14.9 Å². The molecule has 0 bridgehead atoms. The van der Waals surface area contributed by atoms with E-state index in [0.717, 1.165) is 5.56 Å². The van der Waals surface area contributed by atoms with Crippen LogP contribution in [0, 0.1) is 4.91 Å². The number of nitrogens with zero attached hydrogens (tertiary/aromatic N) is 2. The van der Waals surface area contributed by atoms with Crippen LogP contribution >= 0.6 is 0 Å². The number of amides is 1. The van der Waals surface area contributed by atoms with Crippen LogP contribution in [0.2, 0.25) is 0 Å². The maximum Gasteiger partial charge on any atom is 0.316 e. The van der Waals surface area contributed by atoms with Gasteiger partial charge in [0, 0.05) is 17.4 Å². The molecule has 1 N–H and O–H groups in total. The lowest BCUT2D eigenvalue weighted by molar-refractivity contribution is 0.100. The Balaban J connectivity index is 2.32. The summed E-state index contributed by atoms with van der Waals surface area (Å²) in [5, 5.41) is 2.37. The molecule has 0 spiro atoms. The van der Waals surface area contributed by atoms with Gasteiger partial charge in [0.15, 0.2) is 4.90 Å². The van der Waals surface area contributed by atoms with Crippen molar-refractivity contribution in [1.29, 1.82) is 0 Å². The molecule has 1 atom stereocenters. The van der Waals surface area contributed by atoms with Gasteiger partial charge in [-0.25, -0.2) is 4.98 Å². The Morgan fingerprint density at radius 2 is 2.04 bits per heavy atom. The van der Waals surface area contributed by atoms with E-state index in [4.69, 9.17) is 4.74 Å². The summed E-state index contributed by atoms with van der Waals surface area (Å²) in [7, 11) is 1.47. The van der Waals surface area contributed by atoms with E-state index in [9.17, 15) is 14.3 Å². The van der Waals surface area contributed by atoms with Crippen LogP contribution in [0.25, 0.3) is 0 Å². The summed E-state index contributed by atoms with van der Waals surface area (Å²) in [6, 6.07) is 7.74. The van der Waals surface area contributed by atoms with Gasteiger partial charge in [0.2, 0.25) is 5.88 Å². The average Bonchev–Trinajstić information content (AvgIpc) is 2.60. The molecular formula is C17H19N3O4S. The molecule has 1 aromatic heterocycles. The molecular weight excluding hydrogens is 342 g/mol. The van der Waals surface area contributed by atoms with Crippen LogP contribution in [-0.4, -0.2) is 22.6 Å². The van der Waals surface area contributed by atoms with Crippen molar-refractivity contribution >= 4 is 23.0 Å². The minimum absolute atomic E-state index is 0.0798. The minimum Gasteiger partial charge on any atom is -0.588 e. The molecule has 0 radical (unpaired) electrons. The Labute approximate surface area is 149 Å². The molecule has 1 amide bonds. The van der Waals surface area contributed by atoms with E-state index in [1.54, 1.807) is 12.3 Å². The number of methoxy groups -OCH3 is 1. The third kappa shape index (κ3) is 4.55. The minimum atomic E-state index is -1.68. The van der Waals surface area contributed by atoms with Crippen molar-refractivity contribution < 1.29 is 14.1 Å². The largest absolute Gasteiger partial charge is 0.588 e. The SMILES string of the molecule is COc1ncc(C(C)(C)C)cc1N[S+]([O-])c1cccc(C(=O)N=O)c1. The topological polar surface area (TPSA) is 104 Å². The molecule has 25 heavy (non-hydrogen) atoms. The van der Waals surface area contributed by atoms with Crippen molar-refractivity contribution in [3.8, 4) is 5.88 Å². The standard InChI is InChI=1S/C17H19N3O4S/c1-17(2,3)12-9-14(16(24-4)18-10-12)20-25(23)13-7-5-6-11(8-13)15(21)19-22/h5-10,20H,1-4H3. The van der Waals surface area contributed by atoms with E-state index in [1.807, 2.05) is 26.8 Å². The second kappa shape index (κ2) is 7.62. The maximum absolute atomic E-state index is 12.6. The van der Waals surface area contributed by atoms with Crippen molar-refractivity contribution in [2.24, 2.45) is 5.18 Å². The van der Waals surface area contributed by atoms with Gasteiger partial charge < -0.3 is 9.29 Å². The monoisotopic (exact) mass is 361 g/mol. The van der Waals surface area contributed by atoms with Gasteiger partial charge in [-0.15, -0.1) is 4.91 Å². The first kappa shape index (κ1) is 18.9. The summed E-state index contributed by atoms with van der Waals surface area (Å²) in [6.07, 6.45) is 1.71. The molecule has 7 nitrogen and oxygen atoms in total. The summed E-state index contributed by atoms with van der Waals surface area (Å²) in [6.45, 7) is 6.12. The molecule has 0 aliphatic rings. The molecule has 1 unspecified atom stereocenters. The summed E-state index contributed by atoms with van der Waals surface area (Å²) >= 11 is -1.68. The lowest BCUT2D eigenvalue weighted by Gasteiger charge is -2.21. The zero-order valence-corrected chi connectivity index (χ0v) is 15.2. The van der Waals surface area contributed by atoms with E-state index in [0.29, 0.717) is 16.5 Å². The fourth-order valence-electron chi connectivity index (χ4n) is 2.05. The summed E-state index contributed by atoms with van der Waals surface area (Å²) in [4.78, 5) is 26.3. The molecule has 1 aromatic carbocycles. The number of pyridine rings is 1. The second-order valence-electron chi connectivity index (χ2n) is 6.33. The zero-order chi connectivity index (χ0) is 18.6. The number of hydrogen-bond donors (Lipinski definition) is 1. The number of carbonyl (C=O) groups is 1. The van der Waals surface area contributed by atoms with Gasteiger partial charge in [0.1, 0.15) is 17.0 Å². The molecule has 0 aliphatic heterocycles. The third-order valence-corrected chi connectivity index (χ3v) is 4.58. The summed E-state index contributed by atoms with van der Waals surface area (Å²) in [5.74, 6) is -0.601. The number of rotatable bonds is 5. The van der Waals surface area contributed by atoms with E-state index in [1.165, 1.54) is 25.3 Å². The Morgan fingerprint density at radius 3 is 2.64 bits per heavy atom. The van der Waals surface area contributed by atoms with Gasteiger partial charge in [-0.1, -0.05) is 26.8 Å². The quantitative estimate of drug-likeness (QED) is 0.646. The molecule has 2 aromatic rings. The van der Waals surface area contributed by atoms with Crippen LogP contribution in [0.3, 0.4) is 0 Å². The molecule has 132 valence electrons. The van der Waals surface area contributed by atoms with Gasteiger partial charge in [0.05, 0.1) is 12.7 Å². The van der Waals surface area contributed by atoms with Crippen LogP contribution in [0.5, 0.6) is 5.88 Å². The highest BCUT2D eigenvalue weighted by atomic mass is 32.2. The molecule has 0 aliphatic carbocycles. The van der Waals surface area contributed by atoms with Crippen molar-refractivity contribution in [1.82, 2.24) is 4.98 Å². The normalized spacial score (nSPS) is 12.4. The van der Waals surface area contributed by atoms with Crippen LogP contribution < -0.4 is 9.46 Å². The van der Waals surface area contributed by atoms with Gasteiger partial charge in [-0.05, 0) is 29.2 Å². The first-order valence-electron chi connectivity index (χ1n) is 7.47. The highest BCUT2D eigenvalue weighted by Crippen LogP contribution is 2.30. The first-order valence-corrected chi connectivity index (χ1v) is 8.62. The van der Waals surface area contributed by atoms with Gasteiger partial charge in [-0.3, -0.25) is 4.79 Å². The van der Waals surface area contributed by atoms with E-state index in [-0.39, 0.29) is 11.0 Å². The number of nitroso groups, excluding NO2 is 1. The van der Waals surface area contributed by atoms with Gasteiger partial charge >= 0.3 is 5.91 Å². The molecule has 1 heterocycles. The fourth-order valence-corrected chi connectivity index (χ4v) is 2.95.